The molecule has 1 aromatic rings. The van der Waals surface area contributed by atoms with Crippen molar-refractivity contribution in [2.75, 3.05) is 20.3 Å². The van der Waals surface area contributed by atoms with E-state index in [4.69, 9.17) is 31.8 Å². The van der Waals surface area contributed by atoms with Crippen LogP contribution in [0.4, 0.5) is 0 Å². The van der Waals surface area contributed by atoms with Crippen molar-refractivity contribution in [3.05, 3.63) is 28.3 Å². The van der Waals surface area contributed by atoms with Crippen molar-refractivity contribution in [2.45, 2.75) is 11.8 Å². The van der Waals surface area contributed by atoms with Crippen molar-refractivity contribution in [3.63, 3.8) is 0 Å². The molecule has 0 spiro atoms. The van der Waals surface area contributed by atoms with Gasteiger partial charge in [0.2, 0.25) is 0 Å². The van der Waals surface area contributed by atoms with E-state index in [1.165, 1.54) is 13.2 Å². The molecule has 0 N–H and O–H groups in total. The Morgan fingerprint density at radius 3 is 2.47 bits per heavy atom. The summed E-state index contributed by atoms with van der Waals surface area (Å²) in [6, 6.07) is 2.52. The highest BCUT2D eigenvalue weighted by molar-refractivity contribution is 8.13. The van der Waals surface area contributed by atoms with E-state index in [9.17, 15) is 13.2 Å². The molecule has 19 heavy (non-hydrogen) atoms. The molecule has 0 atom stereocenters. The molecule has 0 saturated heterocycles. The first-order valence-electron chi connectivity index (χ1n) is 5.18. The maximum Gasteiger partial charge on any atom is 0.338 e. The molecule has 0 aromatic heterocycles. The zero-order valence-corrected chi connectivity index (χ0v) is 12.6. The number of benzene rings is 1. The molecule has 5 nitrogen and oxygen atoms in total. The summed E-state index contributed by atoms with van der Waals surface area (Å²) >= 11 is 5.85. The van der Waals surface area contributed by atoms with E-state index in [2.05, 4.69) is 0 Å². The first-order valence-corrected chi connectivity index (χ1v) is 7.87. The monoisotopic (exact) mass is 326 g/mol. The summed E-state index contributed by atoms with van der Waals surface area (Å²) in [4.78, 5) is 11.4. The summed E-state index contributed by atoms with van der Waals surface area (Å²) in [5, 5.41) is -0.0107. The Morgan fingerprint density at radius 2 is 1.95 bits per heavy atom. The van der Waals surface area contributed by atoms with E-state index in [1.54, 1.807) is 6.92 Å². The average Bonchev–Trinajstić information content (AvgIpc) is 2.31. The molecule has 0 amide bonds. The van der Waals surface area contributed by atoms with Crippen molar-refractivity contribution in [2.24, 2.45) is 0 Å². The first kappa shape index (κ1) is 16.2. The van der Waals surface area contributed by atoms with Gasteiger partial charge in [0.1, 0.15) is 11.5 Å². The van der Waals surface area contributed by atoms with E-state index in [-0.39, 0.29) is 28.7 Å². The normalized spacial score (nSPS) is 11.4. The molecule has 106 valence electrons. The predicted octanol–water partition coefficient (Wildman–Crippen LogP) is 2.38. The number of aryl methyl sites for hydroxylation is 1. The zero-order valence-electron chi connectivity index (χ0n) is 10.3. The van der Waals surface area contributed by atoms with Gasteiger partial charge in [-0.1, -0.05) is 11.6 Å². The van der Waals surface area contributed by atoms with Crippen LogP contribution < -0.4 is 0 Å². The Balaban J connectivity index is 3.11. The quantitative estimate of drug-likeness (QED) is 0.472. The van der Waals surface area contributed by atoms with Crippen molar-refractivity contribution in [1.29, 1.82) is 0 Å². The minimum absolute atomic E-state index is 0.0107. The second-order valence-corrected chi connectivity index (χ2v) is 6.58. The van der Waals surface area contributed by atoms with Gasteiger partial charge >= 0.3 is 5.97 Å². The number of esters is 1. The van der Waals surface area contributed by atoms with Crippen LogP contribution in [0.3, 0.4) is 0 Å². The van der Waals surface area contributed by atoms with E-state index >= 15 is 0 Å². The Morgan fingerprint density at radius 1 is 1.32 bits per heavy atom. The molecule has 0 radical (unpaired) electrons. The van der Waals surface area contributed by atoms with Crippen LogP contribution >= 0.6 is 22.3 Å². The number of ether oxygens (including phenoxy) is 2. The fraction of sp³-hybridized carbons (Fsp3) is 0.364. The van der Waals surface area contributed by atoms with Gasteiger partial charge in [-0.3, -0.25) is 0 Å². The van der Waals surface area contributed by atoms with Crippen LogP contribution in [0, 0.1) is 6.92 Å². The highest BCUT2D eigenvalue weighted by Gasteiger charge is 2.20. The van der Waals surface area contributed by atoms with Crippen LogP contribution in [0.25, 0.3) is 0 Å². The number of rotatable bonds is 5. The van der Waals surface area contributed by atoms with Crippen molar-refractivity contribution in [1.82, 2.24) is 0 Å². The number of carbonyl (C=O) groups is 1. The highest BCUT2D eigenvalue weighted by Crippen LogP contribution is 2.29. The molecule has 0 unspecified atom stereocenters. The van der Waals surface area contributed by atoms with Crippen molar-refractivity contribution in [3.8, 4) is 0 Å². The summed E-state index contributed by atoms with van der Waals surface area (Å²) in [6.45, 7) is 1.89. The standard InChI is InChI=1S/C11H12Cl2O5S/c1-7-5-8(11(14)18-4-3-17-2)6-9(10(7)12)19(13,15)16/h5-6H,3-4H2,1-2H3. The second kappa shape index (κ2) is 6.56. The topological polar surface area (TPSA) is 69.7 Å². The van der Waals surface area contributed by atoms with Crippen LogP contribution in [0.5, 0.6) is 0 Å². The van der Waals surface area contributed by atoms with Gasteiger partial charge < -0.3 is 9.47 Å². The number of carbonyl (C=O) groups excluding carboxylic acids is 1. The van der Waals surface area contributed by atoms with Gasteiger partial charge in [0.15, 0.2) is 0 Å². The molecule has 0 aliphatic rings. The molecule has 0 fully saturated rings. The fourth-order valence-electron chi connectivity index (χ4n) is 1.33. The summed E-state index contributed by atoms with van der Waals surface area (Å²) in [7, 11) is 2.70. The maximum absolute atomic E-state index is 11.7. The smallest absolute Gasteiger partial charge is 0.338 e. The molecule has 1 aromatic carbocycles. The van der Waals surface area contributed by atoms with Crippen LogP contribution in [0.2, 0.25) is 5.02 Å². The predicted molar refractivity (Wildman–Crippen MR) is 71.4 cm³/mol. The molecule has 0 aliphatic carbocycles. The minimum Gasteiger partial charge on any atom is -0.460 e. The molecular weight excluding hydrogens is 315 g/mol. The number of hydrogen-bond acceptors (Lipinski definition) is 5. The largest absolute Gasteiger partial charge is 0.460 e. The fourth-order valence-corrected chi connectivity index (χ4v) is 2.87. The molecule has 1 rings (SSSR count). The third-order valence-corrected chi connectivity index (χ3v) is 4.20. The van der Waals surface area contributed by atoms with Crippen LogP contribution in [0.1, 0.15) is 15.9 Å². The van der Waals surface area contributed by atoms with Gasteiger partial charge in [-0.2, -0.15) is 0 Å². The van der Waals surface area contributed by atoms with Gasteiger partial charge in [-0.15, -0.1) is 0 Å². The molecule has 0 aliphatic heterocycles. The lowest BCUT2D eigenvalue weighted by Crippen LogP contribution is -2.11. The third kappa shape index (κ3) is 4.35. The summed E-state index contributed by atoms with van der Waals surface area (Å²) in [5.74, 6) is -0.668. The second-order valence-electron chi connectivity index (χ2n) is 3.67. The molecule has 0 bridgehead atoms. The summed E-state index contributed by atoms with van der Waals surface area (Å²) in [6.07, 6.45) is 0. The summed E-state index contributed by atoms with van der Waals surface area (Å²) in [5.41, 5.74) is 0.485. The Labute approximate surface area is 120 Å². The number of hydrogen-bond donors (Lipinski definition) is 0. The maximum atomic E-state index is 11.7. The van der Waals surface area contributed by atoms with Crippen LogP contribution in [-0.4, -0.2) is 34.7 Å². The molecular formula is C11H12Cl2O5S. The SMILES string of the molecule is COCCOC(=O)c1cc(C)c(Cl)c(S(=O)(=O)Cl)c1. The number of halogens is 2. The molecule has 0 saturated carbocycles. The summed E-state index contributed by atoms with van der Waals surface area (Å²) < 4.78 is 32.3. The Kier molecular flexibility index (Phi) is 5.61. The highest BCUT2D eigenvalue weighted by atomic mass is 35.7. The van der Waals surface area contributed by atoms with Crippen molar-refractivity contribution >= 4 is 37.3 Å². The van der Waals surface area contributed by atoms with E-state index in [0.717, 1.165) is 6.07 Å². The van der Waals surface area contributed by atoms with Crippen LogP contribution in [-0.2, 0) is 18.5 Å². The lowest BCUT2D eigenvalue weighted by Gasteiger charge is -2.08. The Bertz CT molecular complexity index is 583. The average molecular weight is 327 g/mol. The van der Waals surface area contributed by atoms with Gasteiger partial charge in [-0.05, 0) is 24.6 Å². The lowest BCUT2D eigenvalue weighted by atomic mass is 10.1. The molecule has 0 heterocycles. The van der Waals surface area contributed by atoms with Gasteiger partial charge in [-0.25, -0.2) is 13.2 Å². The van der Waals surface area contributed by atoms with E-state index in [1.807, 2.05) is 0 Å². The van der Waals surface area contributed by atoms with Gasteiger partial charge in [0, 0.05) is 17.8 Å². The molecule has 8 heteroatoms. The third-order valence-electron chi connectivity index (χ3n) is 2.24. The number of methoxy groups -OCH3 is 1. The Hall–Kier alpha value is -0.820. The van der Waals surface area contributed by atoms with E-state index < -0.39 is 15.0 Å². The van der Waals surface area contributed by atoms with Crippen LogP contribution in [0.15, 0.2) is 17.0 Å². The zero-order chi connectivity index (χ0) is 14.6. The first-order chi connectivity index (χ1) is 8.77. The van der Waals surface area contributed by atoms with Gasteiger partial charge in [0.05, 0.1) is 17.2 Å². The van der Waals surface area contributed by atoms with E-state index in [0.29, 0.717) is 5.56 Å². The van der Waals surface area contributed by atoms with Gasteiger partial charge in [0.25, 0.3) is 9.05 Å². The lowest BCUT2D eigenvalue weighted by molar-refractivity contribution is 0.0387. The van der Waals surface area contributed by atoms with Crippen molar-refractivity contribution < 1.29 is 22.7 Å². The minimum atomic E-state index is -4.03.